The molecule has 6 N–H and O–H groups in total. The van der Waals surface area contributed by atoms with Gasteiger partial charge < -0.3 is 34.7 Å². The Morgan fingerprint density at radius 2 is 1.90 bits per heavy atom. The summed E-state index contributed by atoms with van der Waals surface area (Å²) in [4.78, 5) is 29.6. The standard InChI is InChI=1S/C29H36N2O10/c1-5-19-16-6-7-30-18(16)11-31(19)24-27-15(9-17-20(33)8-14(2)39-28(17)24)10-23(29(3,4)40-27)41-38-13-22(35)26(37)25(36)21(34)12-32/h6-9,21-23,25-26,32,34-37H,5,10-13H2,1-4H3/p+1/t21-,22+,23-,25-,26-/m1/s1. The molecule has 12 nitrogen and oxygen atoms in total. The lowest BCUT2D eigenvalue weighted by molar-refractivity contribution is -0.776. The molecule has 0 bridgehead atoms. The molecule has 2 aromatic rings. The molecule has 0 fully saturated rings. The Kier molecular flexibility index (Phi) is 8.21. The minimum absolute atomic E-state index is 0.172. The van der Waals surface area contributed by atoms with Crippen LogP contribution in [0.3, 0.4) is 0 Å². The van der Waals surface area contributed by atoms with Gasteiger partial charge in [0.05, 0.1) is 17.6 Å². The van der Waals surface area contributed by atoms with Crippen LogP contribution in [0.25, 0.3) is 11.0 Å². The summed E-state index contributed by atoms with van der Waals surface area (Å²) in [7, 11) is 0. The highest BCUT2D eigenvalue weighted by Gasteiger charge is 2.45. The van der Waals surface area contributed by atoms with Crippen LogP contribution in [0.1, 0.15) is 38.5 Å². The maximum Gasteiger partial charge on any atom is 0.222 e. The highest BCUT2D eigenvalue weighted by atomic mass is 17.2. The topological polar surface area (TPSA) is 176 Å². The van der Waals surface area contributed by atoms with Crippen LogP contribution < -0.4 is 15.1 Å². The Hall–Kier alpha value is -2.94. The molecule has 5 rings (SSSR count). The first-order valence-corrected chi connectivity index (χ1v) is 13.7. The van der Waals surface area contributed by atoms with Crippen molar-refractivity contribution < 1.29 is 49.4 Å². The molecule has 6 atom stereocenters. The van der Waals surface area contributed by atoms with Crippen LogP contribution in [0.2, 0.25) is 0 Å². The first kappa shape index (κ1) is 29.5. The largest absolute Gasteiger partial charge is 0.478 e. The van der Waals surface area contributed by atoms with Crippen molar-refractivity contribution in [2.24, 2.45) is 4.99 Å². The van der Waals surface area contributed by atoms with Crippen LogP contribution in [-0.2, 0) is 16.2 Å². The van der Waals surface area contributed by atoms with Crippen molar-refractivity contribution in [2.45, 2.75) is 76.7 Å². The van der Waals surface area contributed by atoms with Crippen LogP contribution in [0.15, 0.2) is 49.9 Å². The second-order valence-electron chi connectivity index (χ2n) is 11.2. The minimum Gasteiger partial charge on any atom is -0.478 e. The Bertz CT molecular complexity index is 1480. The first-order valence-electron chi connectivity index (χ1n) is 13.7. The third-order valence-electron chi connectivity index (χ3n) is 7.94. The van der Waals surface area contributed by atoms with E-state index in [1.807, 2.05) is 19.9 Å². The highest BCUT2D eigenvalue weighted by Crippen LogP contribution is 2.43. The van der Waals surface area contributed by atoms with Crippen LogP contribution in [0.4, 0.5) is 5.69 Å². The molecular formula is C29H37N2O10+. The Morgan fingerprint density at radius 3 is 2.61 bits per heavy atom. The van der Waals surface area contributed by atoms with Gasteiger partial charge in [0.15, 0.2) is 11.2 Å². The molecular weight excluding hydrogens is 536 g/mol. The average Bonchev–Trinajstić information content (AvgIpc) is 3.52. The molecule has 3 aliphatic rings. The van der Waals surface area contributed by atoms with Crippen molar-refractivity contribution in [1.29, 1.82) is 0 Å². The maximum absolute atomic E-state index is 13.1. The summed E-state index contributed by atoms with van der Waals surface area (Å²) in [6, 6.07) is 3.21. The Morgan fingerprint density at radius 1 is 1.17 bits per heavy atom. The number of benzene rings is 1. The van der Waals surface area contributed by atoms with Gasteiger partial charge in [-0.1, -0.05) is 6.92 Å². The number of hydrogen-bond donors (Lipinski definition) is 6. The number of aliphatic hydroxyl groups excluding tert-OH is 5. The predicted octanol–water partition coefficient (Wildman–Crippen LogP) is -0.270. The van der Waals surface area contributed by atoms with Gasteiger partial charge in [-0.25, -0.2) is 9.78 Å². The fraction of sp³-hybridized carbons (Fsp3) is 0.517. The van der Waals surface area contributed by atoms with Crippen molar-refractivity contribution in [3.63, 3.8) is 0 Å². The smallest absolute Gasteiger partial charge is 0.222 e. The lowest BCUT2D eigenvalue weighted by Crippen LogP contribution is -3.04. The van der Waals surface area contributed by atoms with Crippen LogP contribution in [0, 0.1) is 6.92 Å². The van der Waals surface area contributed by atoms with Crippen LogP contribution in [0.5, 0.6) is 5.75 Å². The predicted molar refractivity (Wildman–Crippen MR) is 147 cm³/mol. The number of rotatable bonds is 10. The van der Waals surface area contributed by atoms with Crippen molar-refractivity contribution in [3.05, 3.63) is 57.2 Å². The van der Waals surface area contributed by atoms with Crippen molar-refractivity contribution in [1.82, 2.24) is 0 Å². The summed E-state index contributed by atoms with van der Waals surface area (Å²) >= 11 is 0. The fourth-order valence-corrected chi connectivity index (χ4v) is 5.63. The SMILES string of the molecule is CCC1=C2C=CN=C2C[NH+]1c1c2c(cc3c(=O)cc(C)oc13)C[C@@H](OOC[C@H](O)[C@@H](O)[C@H](O)[C@H](O)CO)C(C)(C)O2. The van der Waals surface area contributed by atoms with E-state index in [9.17, 15) is 25.2 Å². The molecule has 4 heterocycles. The average molecular weight is 574 g/mol. The molecule has 0 amide bonds. The third kappa shape index (κ3) is 5.38. The maximum atomic E-state index is 13.1. The Balaban J connectivity index is 1.46. The Labute approximate surface area is 236 Å². The van der Waals surface area contributed by atoms with Crippen molar-refractivity contribution in [2.75, 3.05) is 19.8 Å². The van der Waals surface area contributed by atoms with Gasteiger partial charge >= 0.3 is 0 Å². The zero-order chi connectivity index (χ0) is 29.6. The van der Waals surface area contributed by atoms with E-state index in [-0.39, 0.29) is 5.43 Å². The number of quaternary nitrogens is 1. The number of nitrogens with one attached hydrogen (secondary N) is 1. The third-order valence-corrected chi connectivity index (χ3v) is 7.94. The molecule has 0 saturated carbocycles. The monoisotopic (exact) mass is 573 g/mol. The van der Waals surface area contributed by atoms with Gasteiger partial charge in [-0.2, -0.15) is 0 Å². The number of ether oxygens (including phenoxy) is 1. The van der Waals surface area contributed by atoms with Gasteiger partial charge in [0, 0.05) is 30.7 Å². The van der Waals surface area contributed by atoms with E-state index in [4.69, 9.17) is 24.0 Å². The minimum atomic E-state index is -1.78. The van der Waals surface area contributed by atoms with E-state index < -0.39 is 49.3 Å². The molecule has 0 radical (unpaired) electrons. The van der Waals surface area contributed by atoms with E-state index >= 15 is 0 Å². The molecule has 1 aromatic carbocycles. The lowest BCUT2D eigenvalue weighted by Gasteiger charge is -2.39. The van der Waals surface area contributed by atoms with Gasteiger partial charge in [0.1, 0.15) is 66.4 Å². The van der Waals surface area contributed by atoms with E-state index in [0.29, 0.717) is 35.4 Å². The van der Waals surface area contributed by atoms with E-state index in [1.165, 1.54) is 6.07 Å². The van der Waals surface area contributed by atoms with Gasteiger partial charge in [0.25, 0.3) is 0 Å². The zero-order valence-electron chi connectivity index (χ0n) is 23.5. The van der Waals surface area contributed by atoms with Gasteiger partial charge in [-0.3, -0.25) is 14.7 Å². The quantitative estimate of drug-likeness (QED) is 0.164. The molecule has 0 aliphatic carbocycles. The normalized spacial score (nSPS) is 24.1. The lowest BCUT2D eigenvalue weighted by atomic mass is 9.89. The number of nitrogens with zero attached hydrogens (tertiary/aromatic N) is 1. The summed E-state index contributed by atoms with van der Waals surface area (Å²) < 4.78 is 12.8. The second-order valence-corrected chi connectivity index (χ2v) is 11.2. The van der Waals surface area contributed by atoms with Crippen molar-refractivity contribution in [3.8, 4) is 5.75 Å². The number of aliphatic imine (C=N–C) groups is 1. The molecule has 1 aromatic heterocycles. The fourth-order valence-electron chi connectivity index (χ4n) is 5.63. The summed E-state index contributed by atoms with van der Waals surface area (Å²) in [5.74, 6) is 1.09. The molecule has 12 heteroatoms. The first-order chi connectivity index (χ1) is 19.5. The summed E-state index contributed by atoms with van der Waals surface area (Å²) in [6.45, 7) is 6.75. The number of aliphatic hydroxyl groups is 5. The number of fused-ring (bicyclic) bond motifs is 3. The van der Waals surface area contributed by atoms with E-state index in [1.54, 1.807) is 19.2 Å². The summed E-state index contributed by atoms with van der Waals surface area (Å²) in [5.41, 5.74) is 4.00. The molecule has 222 valence electrons. The van der Waals surface area contributed by atoms with E-state index in [0.717, 1.165) is 39.6 Å². The van der Waals surface area contributed by atoms with E-state index in [2.05, 4.69) is 11.9 Å². The van der Waals surface area contributed by atoms with Gasteiger partial charge in [0.2, 0.25) is 11.3 Å². The molecule has 0 saturated heterocycles. The van der Waals surface area contributed by atoms with Crippen LogP contribution in [-0.4, -0.2) is 87.1 Å². The number of allylic oxidation sites excluding steroid dienone is 2. The van der Waals surface area contributed by atoms with Crippen LogP contribution >= 0.6 is 0 Å². The van der Waals surface area contributed by atoms with Crippen molar-refractivity contribution >= 4 is 22.4 Å². The zero-order valence-corrected chi connectivity index (χ0v) is 23.5. The molecule has 41 heavy (non-hydrogen) atoms. The summed E-state index contributed by atoms with van der Waals surface area (Å²) in [5, 5.41) is 49.0. The number of hydrogen-bond acceptors (Lipinski definition) is 11. The second kappa shape index (κ2) is 11.4. The number of aryl methyl sites for hydroxylation is 1. The molecule has 0 spiro atoms. The van der Waals surface area contributed by atoms with Gasteiger partial charge in [-0.05, 0) is 32.9 Å². The van der Waals surface area contributed by atoms with Gasteiger partial charge in [-0.15, -0.1) is 0 Å². The molecule has 1 unspecified atom stereocenters. The summed E-state index contributed by atoms with van der Waals surface area (Å²) in [6.07, 6.45) is -2.61. The molecule has 3 aliphatic heterocycles. The highest BCUT2D eigenvalue weighted by molar-refractivity contribution is 6.07.